The van der Waals surface area contributed by atoms with Crippen LogP contribution in [-0.2, 0) is 21.3 Å². The van der Waals surface area contributed by atoms with Crippen LogP contribution in [0.25, 0.3) is 0 Å². The molecule has 8 nitrogen and oxygen atoms in total. The molecule has 1 aromatic heterocycles. The Morgan fingerprint density at radius 2 is 2.11 bits per heavy atom. The van der Waals surface area contributed by atoms with E-state index in [0.717, 1.165) is 10.8 Å². The van der Waals surface area contributed by atoms with E-state index in [9.17, 15) is 18.0 Å². The van der Waals surface area contributed by atoms with E-state index in [1.807, 2.05) is 11.9 Å². The van der Waals surface area contributed by atoms with Crippen molar-refractivity contribution in [1.29, 1.82) is 0 Å². The maximum Gasteiger partial charge on any atom is 0.328 e. The van der Waals surface area contributed by atoms with Crippen LogP contribution in [0.1, 0.15) is 13.3 Å². The second kappa shape index (κ2) is 5.94. The first-order chi connectivity index (χ1) is 8.36. The van der Waals surface area contributed by atoms with Crippen LogP contribution in [0.15, 0.2) is 20.7 Å². The van der Waals surface area contributed by atoms with Gasteiger partial charge in [-0.1, -0.05) is 0 Å². The predicted octanol–water partition coefficient (Wildman–Crippen LogP) is -1.39. The molecule has 1 heterocycles. The number of ether oxygens (including phenoxy) is 1. The summed E-state index contributed by atoms with van der Waals surface area (Å²) < 4.78 is 28.4. The van der Waals surface area contributed by atoms with Crippen LogP contribution in [0, 0.1) is 0 Å². The number of aromatic nitrogens is 2. The second-order valence-electron chi connectivity index (χ2n) is 3.54. The van der Waals surface area contributed by atoms with Crippen molar-refractivity contribution in [1.82, 2.24) is 9.55 Å². The van der Waals surface area contributed by atoms with Gasteiger partial charge < -0.3 is 4.74 Å². The molecule has 0 aliphatic rings. The first kappa shape index (κ1) is 14.6. The summed E-state index contributed by atoms with van der Waals surface area (Å²) in [7, 11) is -4.14. The number of nitrogens with zero attached hydrogens (tertiary/aromatic N) is 1. The Hall–Kier alpha value is -1.45. The minimum atomic E-state index is -4.14. The zero-order valence-corrected chi connectivity index (χ0v) is 10.7. The summed E-state index contributed by atoms with van der Waals surface area (Å²) in [5.41, 5.74) is -1.69. The Balaban J connectivity index is 3.00. The molecule has 3 N–H and O–H groups in total. The van der Waals surface area contributed by atoms with Crippen LogP contribution in [0.5, 0.6) is 0 Å². The number of H-pyrrole nitrogens is 1. The Labute approximate surface area is 103 Å². The zero-order valence-electron chi connectivity index (χ0n) is 9.88. The Bertz CT molecular complexity index is 616. The van der Waals surface area contributed by atoms with Gasteiger partial charge in [0.2, 0.25) is 10.0 Å². The highest BCUT2D eigenvalue weighted by atomic mass is 32.2. The molecule has 18 heavy (non-hydrogen) atoms. The molecule has 0 radical (unpaired) electrons. The van der Waals surface area contributed by atoms with Crippen molar-refractivity contribution < 1.29 is 13.2 Å². The zero-order chi connectivity index (χ0) is 13.8. The van der Waals surface area contributed by atoms with Crippen molar-refractivity contribution in [3.63, 3.8) is 0 Å². The molecule has 102 valence electrons. The third-order valence-electron chi connectivity index (χ3n) is 2.18. The lowest BCUT2D eigenvalue weighted by atomic mass is 10.4. The highest BCUT2D eigenvalue weighted by Gasteiger charge is 2.15. The average molecular weight is 277 g/mol. The summed E-state index contributed by atoms with van der Waals surface area (Å²) in [4.78, 5) is 24.0. The van der Waals surface area contributed by atoms with E-state index in [0.29, 0.717) is 19.6 Å². The molecule has 0 atom stereocenters. The van der Waals surface area contributed by atoms with Crippen molar-refractivity contribution in [2.24, 2.45) is 5.14 Å². The van der Waals surface area contributed by atoms with Gasteiger partial charge in [0.15, 0.2) is 4.90 Å². The smallest absolute Gasteiger partial charge is 0.328 e. The average Bonchev–Trinajstić information content (AvgIpc) is 2.25. The summed E-state index contributed by atoms with van der Waals surface area (Å²) in [6.45, 7) is 3.07. The van der Waals surface area contributed by atoms with Crippen molar-refractivity contribution in [3.8, 4) is 0 Å². The quantitative estimate of drug-likeness (QED) is 0.619. The maximum atomic E-state index is 11.4. The molecule has 9 heteroatoms. The first-order valence-corrected chi connectivity index (χ1v) is 6.85. The number of hydrogen-bond acceptors (Lipinski definition) is 5. The summed E-state index contributed by atoms with van der Waals surface area (Å²) in [5, 5.41) is 4.87. The van der Waals surface area contributed by atoms with E-state index in [2.05, 4.69) is 0 Å². The molecule has 1 aromatic rings. The normalized spacial score (nSPS) is 11.7. The van der Waals surface area contributed by atoms with E-state index in [1.165, 1.54) is 0 Å². The third-order valence-corrected chi connectivity index (χ3v) is 3.08. The van der Waals surface area contributed by atoms with Crippen molar-refractivity contribution in [2.45, 2.75) is 24.8 Å². The minimum Gasteiger partial charge on any atom is -0.382 e. The van der Waals surface area contributed by atoms with E-state index < -0.39 is 26.2 Å². The Morgan fingerprint density at radius 1 is 1.44 bits per heavy atom. The molecule has 0 spiro atoms. The molecule has 0 bridgehead atoms. The van der Waals surface area contributed by atoms with Gasteiger partial charge in [0.05, 0.1) is 0 Å². The lowest BCUT2D eigenvalue weighted by Crippen LogP contribution is -2.34. The Morgan fingerprint density at radius 3 is 2.67 bits per heavy atom. The van der Waals surface area contributed by atoms with Crippen molar-refractivity contribution in [2.75, 3.05) is 13.2 Å². The Kier molecular flexibility index (Phi) is 4.82. The van der Waals surface area contributed by atoms with Gasteiger partial charge in [-0.3, -0.25) is 14.3 Å². The molecular formula is C9H15N3O5S. The molecule has 0 saturated carbocycles. The van der Waals surface area contributed by atoms with Crippen LogP contribution in [0.2, 0.25) is 0 Å². The summed E-state index contributed by atoms with van der Waals surface area (Å²) >= 11 is 0. The fourth-order valence-corrected chi connectivity index (χ4v) is 1.92. The number of aromatic amines is 1. The summed E-state index contributed by atoms with van der Waals surface area (Å²) in [5.74, 6) is 0. The largest absolute Gasteiger partial charge is 0.382 e. The number of aryl methyl sites for hydroxylation is 1. The summed E-state index contributed by atoms with van der Waals surface area (Å²) in [6.07, 6.45) is 1.46. The molecule has 1 rings (SSSR count). The topological polar surface area (TPSA) is 124 Å². The van der Waals surface area contributed by atoms with Crippen LogP contribution < -0.4 is 16.4 Å². The first-order valence-electron chi connectivity index (χ1n) is 5.30. The SMILES string of the molecule is CCOCCCn1cc(S(N)(=O)=O)c(=O)[nH]c1=O. The monoisotopic (exact) mass is 277 g/mol. The molecule has 0 aromatic carbocycles. The minimum absolute atomic E-state index is 0.234. The fourth-order valence-electron chi connectivity index (χ4n) is 1.34. The molecule has 0 fully saturated rings. The molecule has 0 aliphatic carbocycles. The fraction of sp³-hybridized carbons (Fsp3) is 0.556. The lowest BCUT2D eigenvalue weighted by molar-refractivity contribution is 0.141. The lowest BCUT2D eigenvalue weighted by Gasteiger charge is -2.06. The molecular weight excluding hydrogens is 262 g/mol. The van der Waals surface area contributed by atoms with Gasteiger partial charge in [0.1, 0.15) is 0 Å². The van der Waals surface area contributed by atoms with E-state index in [1.54, 1.807) is 0 Å². The van der Waals surface area contributed by atoms with E-state index in [4.69, 9.17) is 9.88 Å². The van der Waals surface area contributed by atoms with Gasteiger partial charge in [-0.25, -0.2) is 18.4 Å². The van der Waals surface area contributed by atoms with Gasteiger partial charge in [-0.2, -0.15) is 0 Å². The van der Waals surface area contributed by atoms with Crippen LogP contribution >= 0.6 is 0 Å². The summed E-state index contributed by atoms with van der Waals surface area (Å²) in [6, 6.07) is 0. The van der Waals surface area contributed by atoms with Crippen LogP contribution in [-0.4, -0.2) is 31.2 Å². The number of sulfonamides is 1. The molecule has 0 aliphatic heterocycles. The number of primary sulfonamides is 1. The number of nitrogens with one attached hydrogen (secondary N) is 1. The number of rotatable bonds is 6. The van der Waals surface area contributed by atoms with E-state index >= 15 is 0 Å². The van der Waals surface area contributed by atoms with Crippen LogP contribution in [0.4, 0.5) is 0 Å². The highest BCUT2D eigenvalue weighted by Crippen LogP contribution is 1.96. The van der Waals surface area contributed by atoms with Gasteiger partial charge in [0, 0.05) is 26.0 Å². The van der Waals surface area contributed by atoms with Gasteiger partial charge >= 0.3 is 5.69 Å². The van der Waals surface area contributed by atoms with Gasteiger partial charge in [-0.05, 0) is 13.3 Å². The van der Waals surface area contributed by atoms with Crippen LogP contribution in [0.3, 0.4) is 0 Å². The molecule has 0 saturated heterocycles. The number of hydrogen-bond donors (Lipinski definition) is 2. The van der Waals surface area contributed by atoms with Gasteiger partial charge in [-0.15, -0.1) is 0 Å². The predicted molar refractivity (Wildman–Crippen MR) is 63.8 cm³/mol. The maximum absolute atomic E-state index is 11.4. The molecule has 0 amide bonds. The van der Waals surface area contributed by atoms with Gasteiger partial charge in [0.25, 0.3) is 5.56 Å². The van der Waals surface area contributed by atoms with Crippen molar-refractivity contribution >= 4 is 10.0 Å². The second-order valence-corrected chi connectivity index (χ2v) is 5.07. The molecule has 0 unspecified atom stereocenters. The van der Waals surface area contributed by atoms with E-state index in [-0.39, 0.29) is 6.54 Å². The van der Waals surface area contributed by atoms with Crippen molar-refractivity contribution in [3.05, 3.63) is 27.0 Å². The highest BCUT2D eigenvalue weighted by molar-refractivity contribution is 7.89. The number of nitrogens with two attached hydrogens (primary N) is 1. The third kappa shape index (κ3) is 3.79. The standard InChI is InChI=1S/C9H15N3O5S/c1-2-17-5-3-4-12-6-7(18(10,15)16)8(13)11-9(12)14/h6H,2-5H2,1H3,(H2,10,15,16)(H,11,13,14).